The first-order chi connectivity index (χ1) is 7.33. The van der Waals surface area contributed by atoms with Crippen LogP contribution >= 0.6 is 0 Å². The largest absolute Gasteiger partial charge is 0.469 e. The lowest BCUT2D eigenvalue weighted by atomic mass is 10.2. The van der Waals surface area contributed by atoms with Crippen LogP contribution in [0.25, 0.3) is 0 Å². The van der Waals surface area contributed by atoms with Crippen molar-refractivity contribution in [2.24, 2.45) is 0 Å². The quantitative estimate of drug-likeness (QED) is 0.517. The highest BCUT2D eigenvalue weighted by Crippen LogP contribution is 2.03. The minimum Gasteiger partial charge on any atom is -0.469 e. The molecule has 0 saturated carbocycles. The van der Waals surface area contributed by atoms with Crippen LogP contribution < -0.4 is 10.6 Å². The third-order valence-corrected chi connectivity index (χ3v) is 2.11. The van der Waals surface area contributed by atoms with Crippen molar-refractivity contribution >= 4 is 0 Å². The number of nitrogens with one attached hydrogen (secondary N) is 2. The molecule has 0 saturated heterocycles. The van der Waals surface area contributed by atoms with Crippen molar-refractivity contribution in [3.8, 4) is 12.3 Å². The lowest BCUT2D eigenvalue weighted by Crippen LogP contribution is -2.34. The van der Waals surface area contributed by atoms with E-state index in [0.29, 0.717) is 12.6 Å². The highest BCUT2D eigenvalue weighted by Gasteiger charge is 2.03. The summed E-state index contributed by atoms with van der Waals surface area (Å²) < 4.78 is 5.27. The molecular weight excluding hydrogens is 188 g/mol. The first-order valence-corrected chi connectivity index (χ1v) is 5.23. The summed E-state index contributed by atoms with van der Waals surface area (Å²) in [6.07, 6.45) is 7.74. The van der Waals surface area contributed by atoms with Crippen molar-refractivity contribution in [1.82, 2.24) is 10.6 Å². The SMILES string of the molecule is C#CCNCCNC(C)Cc1ccco1. The van der Waals surface area contributed by atoms with Gasteiger partial charge in [-0.3, -0.25) is 0 Å². The summed E-state index contributed by atoms with van der Waals surface area (Å²) in [6, 6.07) is 4.33. The number of terminal acetylenes is 1. The van der Waals surface area contributed by atoms with Gasteiger partial charge in [0.1, 0.15) is 5.76 Å². The average Bonchev–Trinajstić information content (AvgIpc) is 2.70. The van der Waals surface area contributed by atoms with Gasteiger partial charge in [0.05, 0.1) is 12.8 Å². The van der Waals surface area contributed by atoms with E-state index in [1.807, 2.05) is 12.1 Å². The molecule has 1 aromatic rings. The standard InChI is InChI=1S/C12H18N2O/c1-3-6-13-7-8-14-11(2)10-12-5-4-9-15-12/h1,4-5,9,11,13-14H,6-8,10H2,2H3. The maximum atomic E-state index is 5.27. The van der Waals surface area contributed by atoms with Crippen molar-refractivity contribution < 1.29 is 4.42 Å². The lowest BCUT2D eigenvalue weighted by Gasteiger charge is -2.12. The van der Waals surface area contributed by atoms with E-state index in [1.165, 1.54) is 0 Å². The highest BCUT2D eigenvalue weighted by molar-refractivity contribution is 4.99. The van der Waals surface area contributed by atoms with Gasteiger partial charge in [-0.1, -0.05) is 5.92 Å². The van der Waals surface area contributed by atoms with Gasteiger partial charge in [-0.15, -0.1) is 6.42 Å². The van der Waals surface area contributed by atoms with Crippen LogP contribution in [0.2, 0.25) is 0 Å². The number of rotatable bonds is 7. The second kappa shape index (κ2) is 7.10. The molecule has 1 atom stereocenters. The molecule has 1 unspecified atom stereocenters. The Morgan fingerprint density at radius 3 is 3.07 bits per heavy atom. The van der Waals surface area contributed by atoms with E-state index in [2.05, 4.69) is 23.5 Å². The van der Waals surface area contributed by atoms with Crippen LogP contribution in [-0.4, -0.2) is 25.7 Å². The van der Waals surface area contributed by atoms with Gasteiger partial charge in [0, 0.05) is 25.6 Å². The molecule has 0 aliphatic heterocycles. The summed E-state index contributed by atoms with van der Waals surface area (Å²) in [6.45, 7) is 4.59. The average molecular weight is 206 g/mol. The lowest BCUT2D eigenvalue weighted by molar-refractivity contribution is 0.455. The molecule has 3 heteroatoms. The molecule has 0 amide bonds. The van der Waals surface area contributed by atoms with Crippen LogP contribution in [0.3, 0.4) is 0 Å². The van der Waals surface area contributed by atoms with E-state index < -0.39 is 0 Å². The molecule has 0 radical (unpaired) electrons. The molecule has 1 rings (SSSR count). The third-order valence-electron chi connectivity index (χ3n) is 2.11. The molecule has 0 spiro atoms. The van der Waals surface area contributed by atoms with Gasteiger partial charge in [0.25, 0.3) is 0 Å². The second-order valence-corrected chi connectivity index (χ2v) is 3.52. The van der Waals surface area contributed by atoms with E-state index in [9.17, 15) is 0 Å². The second-order valence-electron chi connectivity index (χ2n) is 3.52. The fraction of sp³-hybridized carbons (Fsp3) is 0.500. The Hall–Kier alpha value is -1.24. The molecule has 82 valence electrons. The van der Waals surface area contributed by atoms with Crippen LogP contribution in [0.15, 0.2) is 22.8 Å². The molecule has 15 heavy (non-hydrogen) atoms. The fourth-order valence-corrected chi connectivity index (χ4v) is 1.37. The molecular formula is C12H18N2O. The van der Waals surface area contributed by atoms with Crippen LogP contribution in [0.5, 0.6) is 0 Å². The molecule has 2 N–H and O–H groups in total. The smallest absolute Gasteiger partial charge is 0.105 e. The summed E-state index contributed by atoms with van der Waals surface area (Å²) in [5.74, 6) is 3.56. The van der Waals surface area contributed by atoms with Gasteiger partial charge in [0.15, 0.2) is 0 Å². The van der Waals surface area contributed by atoms with Gasteiger partial charge in [-0.05, 0) is 19.1 Å². The van der Waals surface area contributed by atoms with Gasteiger partial charge in [0.2, 0.25) is 0 Å². The van der Waals surface area contributed by atoms with Crippen molar-refractivity contribution in [1.29, 1.82) is 0 Å². The molecule has 0 aliphatic carbocycles. The Labute approximate surface area is 91.2 Å². The first-order valence-electron chi connectivity index (χ1n) is 5.23. The maximum absolute atomic E-state index is 5.27. The molecule has 3 nitrogen and oxygen atoms in total. The van der Waals surface area contributed by atoms with Crippen LogP contribution in [0.1, 0.15) is 12.7 Å². The van der Waals surface area contributed by atoms with E-state index in [1.54, 1.807) is 6.26 Å². The molecule has 0 fully saturated rings. The zero-order valence-corrected chi connectivity index (χ0v) is 9.12. The topological polar surface area (TPSA) is 37.2 Å². The van der Waals surface area contributed by atoms with Crippen LogP contribution in [0.4, 0.5) is 0 Å². The fourth-order valence-electron chi connectivity index (χ4n) is 1.37. The Bertz CT molecular complexity index is 287. The van der Waals surface area contributed by atoms with E-state index in [4.69, 9.17) is 10.8 Å². The summed E-state index contributed by atoms with van der Waals surface area (Å²) in [5, 5.41) is 6.52. The summed E-state index contributed by atoms with van der Waals surface area (Å²) in [4.78, 5) is 0. The molecule has 1 heterocycles. The first kappa shape index (κ1) is 11.8. The minimum atomic E-state index is 0.420. The summed E-state index contributed by atoms with van der Waals surface area (Å²) >= 11 is 0. The number of hydrogen-bond acceptors (Lipinski definition) is 3. The number of hydrogen-bond donors (Lipinski definition) is 2. The van der Waals surface area contributed by atoms with E-state index in [-0.39, 0.29) is 0 Å². The zero-order chi connectivity index (χ0) is 10.9. The van der Waals surface area contributed by atoms with Gasteiger partial charge >= 0.3 is 0 Å². The number of furan rings is 1. The summed E-state index contributed by atoms with van der Waals surface area (Å²) in [7, 11) is 0. The van der Waals surface area contributed by atoms with Gasteiger partial charge in [-0.25, -0.2) is 0 Å². The molecule has 0 bridgehead atoms. The predicted molar refractivity (Wildman–Crippen MR) is 61.6 cm³/mol. The minimum absolute atomic E-state index is 0.420. The van der Waals surface area contributed by atoms with Crippen LogP contribution in [-0.2, 0) is 6.42 Å². The Morgan fingerprint density at radius 2 is 2.40 bits per heavy atom. The Balaban J connectivity index is 2.04. The predicted octanol–water partition coefficient (Wildman–Crippen LogP) is 1.02. The van der Waals surface area contributed by atoms with Crippen molar-refractivity contribution in [3.05, 3.63) is 24.2 Å². The Kier molecular flexibility index (Phi) is 5.60. The third kappa shape index (κ3) is 5.26. The molecule has 0 aliphatic rings. The van der Waals surface area contributed by atoms with Gasteiger partial charge in [-0.2, -0.15) is 0 Å². The molecule has 0 aromatic carbocycles. The van der Waals surface area contributed by atoms with Crippen molar-refractivity contribution in [2.45, 2.75) is 19.4 Å². The van der Waals surface area contributed by atoms with Crippen LogP contribution in [0, 0.1) is 12.3 Å². The monoisotopic (exact) mass is 206 g/mol. The normalized spacial score (nSPS) is 12.3. The maximum Gasteiger partial charge on any atom is 0.105 e. The van der Waals surface area contributed by atoms with E-state index in [0.717, 1.165) is 25.3 Å². The van der Waals surface area contributed by atoms with Crippen molar-refractivity contribution in [3.63, 3.8) is 0 Å². The highest BCUT2D eigenvalue weighted by atomic mass is 16.3. The van der Waals surface area contributed by atoms with E-state index >= 15 is 0 Å². The zero-order valence-electron chi connectivity index (χ0n) is 9.12. The van der Waals surface area contributed by atoms with Gasteiger partial charge < -0.3 is 15.1 Å². The Morgan fingerprint density at radius 1 is 1.53 bits per heavy atom. The van der Waals surface area contributed by atoms with Crippen molar-refractivity contribution in [2.75, 3.05) is 19.6 Å². The summed E-state index contributed by atoms with van der Waals surface area (Å²) in [5.41, 5.74) is 0. The molecule has 1 aromatic heterocycles.